The summed E-state index contributed by atoms with van der Waals surface area (Å²) in [5.41, 5.74) is 0.943. The Morgan fingerprint density at radius 2 is 1.39 bits per heavy atom. The molecule has 1 N–H and O–H groups in total. The van der Waals surface area contributed by atoms with Crippen molar-refractivity contribution in [3.8, 4) is 17.2 Å². The molecule has 3 aromatic rings. The van der Waals surface area contributed by atoms with Crippen LogP contribution in [0.25, 0.3) is 5.57 Å². The number of hydrogen-bond donors (Lipinski definition) is 1. The van der Waals surface area contributed by atoms with Crippen LogP contribution < -0.4 is 24.4 Å². The number of nitrogens with one attached hydrogen (secondary N) is 1. The molecule has 0 saturated heterocycles. The molecule has 0 fully saturated rings. The average Bonchev–Trinajstić information content (AvgIpc) is 3.08. The molecule has 4 rings (SSSR count). The molecule has 0 atom stereocenters. The van der Waals surface area contributed by atoms with Gasteiger partial charge in [0.1, 0.15) is 11.5 Å². The Hall–Kier alpha value is -4.33. The summed E-state index contributed by atoms with van der Waals surface area (Å²) < 4.78 is 30.6. The maximum Gasteiger partial charge on any atom is 0.282 e. The molecule has 2 amide bonds. The van der Waals surface area contributed by atoms with Gasteiger partial charge in [-0.05, 0) is 17.7 Å². The summed E-state index contributed by atoms with van der Waals surface area (Å²) >= 11 is 0. The fourth-order valence-corrected chi connectivity index (χ4v) is 3.67. The quantitative estimate of drug-likeness (QED) is 0.545. The summed E-state index contributed by atoms with van der Waals surface area (Å²) in [5.74, 6) is -0.887. The van der Waals surface area contributed by atoms with Gasteiger partial charge in [0, 0.05) is 17.8 Å². The van der Waals surface area contributed by atoms with Crippen molar-refractivity contribution in [1.29, 1.82) is 0 Å². The molecule has 0 bridgehead atoms. The largest absolute Gasteiger partial charge is 0.493 e. The molecular weight excluding hydrogens is 427 g/mol. The minimum absolute atomic E-state index is 0.00345. The third kappa shape index (κ3) is 3.87. The monoisotopic (exact) mass is 448 g/mol. The van der Waals surface area contributed by atoms with Crippen molar-refractivity contribution < 1.29 is 28.2 Å². The average molecular weight is 448 g/mol. The highest BCUT2D eigenvalue weighted by Crippen LogP contribution is 2.41. The molecule has 0 aliphatic carbocycles. The van der Waals surface area contributed by atoms with Gasteiger partial charge in [-0.25, -0.2) is 9.29 Å². The number of ether oxygens (including phenoxy) is 3. The van der Waals surface area contributed by atoms with Crippen molar-refractivity contribution in [3.05, 3.63) is 83.8 Å². The van der Waals surface area contributed by atoms with Crippen molar-refractivity contribution >= 4 is 28.8 Å². The second-order valence-electron chi connectivity index (χ2n) is 7.05. The van der Waals surface area contributed by atoms with Crippen LogP contribution >= 0.6 is 0 Å². The number of anilines is 2. The van der Waals surface area contributed by atoms with E-state index in [-0.39, 0.29) is 17.0 Å². The molecule has 8 heteroatoms. The number of hydrogen-bond acceptors (Lipinski definition) is 6. The predicted molar refractivity (Wildman–Crippen MR) is 122 cm³/mol. The van der Waals surface area contributed by atoms with Crippen LogP contribution in [0.3, 0.4) is 0 Å². The smallest absolute Gasteiger partial charge is 0.282 e. The van der Waals surface area contributed by atoms with Crippen LogP contribution in [-0.4, -0.2) is 33.1 Å². The topological polar surface area (TPSA) is 77.1 Å². The molecule has 0 unspecified atom stereocenters. The zero-order valence-electron chi connectivity index (χ0n) is 18.2. The second-order valence-corrected chi connectivity index (χ2v) is 7.05. The number of imide groups is 1. The van der Waals surface area contributed by atoms with E-state index in [0.29, 0.717) is 28.5 Å². The van der Waals surface area contributed by atoms with Crippen LogP contribution in [-0.2, 0) is 9.59 Å². The van der Waals surface area contributed by atoms with Crippen molar-refractivity contribution in [1.82, 2.24) is 0 Å². The highest BCUT2D eigenvalue weighted by molar-refractivity contribution is 6.46. The van der Waals surface area contributed by atoms with Crippen LogP contribution in [0.4, 0.5) is 15.8 Å². The second kappa shape index (κ2) is 9.04. The molecule has 33 heavy (non-hydrogen) atoms. The lowest BCUT2D eigenvalue weighted by atomic mass is 10.0. The fourth-order valence-electron chi connectivity index (χ4n) is 3.67. The van der Waals surface area contributed by atoms with Crippen molar-refractivity contribution in [3.63, 3.8) is 0 Å². The lowest BCUT2D eigenvalue weighted by molar-refractivity contribution is -0.120. The molecule has 0 radical (unpaired) electrons. The van der Waals surface area contributed by atoms with Gasteiger partial charge in [-0.15, -0.1) is 0 Å². The number of halogens is 1. The van der Waals surface area contributed by atoms with E-state index in [4.69, 9.17) is 14.2 Å². The van der Waals surface area contributed by atoms with Gasteiger partial charge in [0.15, 0.2) is 11.5 Å². The minimum atomic E-state index is -0.683. The van der Waals surface area contributed by atoms with Crippen molar-refractivity contribution in [2.75, 3.05) is 31.5 Å². The van der Waals surface area contributed by atoms with Gasteiger partial charge in [0.2, 0.25) is 5.75 Å². The van der Waals surface area contributed by atoms with E-state index in [9.17, 15) is 14.0 Å². The van der Waals surface area contributed by atoms with Crippen LogP contribution in [0.5, 0.6) is 17.2 Å². The predicted octanol–water partition coefficient (Wildman–Crippen LogP) is 4.25. The molecule has 1 aliphatic heterocycles. The Kier molecular flexibility index (Phi) is 5.99. The number of carbonyl (C=O) groups excluding carboxylic acids is 2. The minimum Gasteiger partial charge on any atom is -0.493 e. The van der Waals surface area contributed by atoms with Crippen LogP contribution in [0.15, 0.2) is 72.4 Å². The van der Waals surface area contributed by atoms with Gasteiger partial charge in [0.25, 0.3) is 11.8 Å². The van der Waals surface area contributed by atoms with E-state index in [1.165, 1.54) is 39.5 Å². The van der Waals surface area contributed by atoms with Crippen molar-refractivity contribution in [2.45, 2.75) is 0 Å². The molecule has 0 spiro atoms. The SMILES string of the molecule is COc1cc(NC2=C(c3ccccc3)C(=O)N(c3ccccc3F)C2=O)cc(OC)c1OC. The summed E-state index contributed by atoms with van der Waals surface area (Å²) in [6, 6.07) is 17.6. The van der Waals surface area contributed by atoms with Crippen LogP contribution in [0.2, 0.25) is 0 Å². The molecule has 0 aromatic heterocycles. The maximum atomic E-state index is 14.5. The van der Waals surface area contributed by atoms with E-state index in [0.717, 1.165) is 4.90 Å². The van der Waals surface area contributed by atoms with Gasteiger partial charge in [-0.3, -0.25) is 9.59 Å². The molecule has 1 heterocycles. The molecule has 1 aliphatic rings. The molecule has 0 saturated carbocycles. The third-order valence-electron chi connectivity index (χ3n) is 5.17. The van der Waals surface area contributed by atoms with Crippen LogP contribution in [0, 0.1) is 5.82 Å². The molecular formula is C25H21FN2O5. The highest BCUT2D eigenvalue weighted by Gasteiger charge is 2.41. The molecule has 7 nitrogen and oxygen atoms in total. The molecule has 168 valence electrons. The first-order valence-electron chi connectivity index (χ1n) is 10.00. The number of benzene rings is 3. The van der Waals surface area contributed by atoms with E-state index in [1.54, 1.807) is 48.5 Å². The molecule has 3 aromatic carbocycles. The summed E-state index contributed by atoms with van der Waals surface area (Å²) in [5, 5.41) is 3.02. The number of nitrogens with zero attached hydrogens (tertiary/aromatic N) is 1. The Labute approximate surface area is 190 Å². The van der Waals surface area contributed by atoms with Crippen molar-refractivity contribution in [2.24, 2.45) is 0 Å². The summed E-state index contributed by atoms with van der Waals surface area (Å²) in [7, 11) is 4.43. The van der Waals surface area contributed by atoms with Gasteiger partial charge in [0.05, 0.1) is 32.6 Å². The number of para-hydroxylation sites is 1. The van der Waals surface area contributed by atoms with Gasteiger partial charge in [-0.2, -0.15) is 0 Å². The Bertz CT molecular complexity index is 1230. The van der Waals surface area contributed by atoms with E-state index in [1.807, 2.05) is 0 Å². The third-order valence-corrected chi connectivity index (χ3v) is 5.17. The van der Waals surface area contributed by atoms with Gasteiger partial charge < -0.3 is 19.5 Å². The number of amides is 2. The van der Waals surface area contributed by atoms with E-state index in [2.05, 4.69) is 5.32 Å². The maximum absolute atomic E-state index is 14.5. The number of carbonyl (C=O) groups is 2. The first-order valence-corrected chi connectivity index (χ1v) is 10.00. The summed E-state index contributed by atoms with van der Waals surface area (Å²) in [6.07, 6.45) is 0. The standard InChI is InChI=1S/C25H21FN2O5/c1-31-19-13-16(14-20(32-2)23(19)33-3)27-22-21(15-9-5-4-6-10-15)24(29)28(25(22)30)18-12-8-7-11-17(18)26/h4-14,27H,1-3H3. The van der Waals surface area contributed by atoms with Gasteiger partial charge >= 0.3 is 0 Å². The lowest BCUT2D eigenvalue weighted by Gasteiger charge is -2.17. The van der Waals surface area contributed by atoms with E-state index >= 15 is 0 Å². The Morgan fingerprint density at radius 1 is 0.788 bits per heavy atom. The summed E-state index contributed by atoms with van der Waals surface area (Å²) in [4.78, 5) is 27.6. The zero-order valence-corrected chi connectivity index (χ0v) is 18.2. The lowest BCUT2D eigenvalue weighted by Crippen LogP contribution is -2.33. The Morgan fingerprint density at radius 3 is 1.97 bits per heavy atom. The first-order chi connectivity index (χ1) is 16.0. The fraction of sp³-hybridized carbons (Fsp3) is 0.120. The van der Waals surface area contributed by atoms with Crippen LogP contribution in [0.1, 0.15) is 5.56 Å². The zero-order chi connectivity index (χ0) is 23.5. The van der Waals surface area contributed by atoms with Gasteiger partial charge in [-0.1, -0.05) is 42.5 Å². The first kappa shape index (κ1) is 21.9. The highest BCUT2D eigenvalue weighted by atomic mass is 19.1. The number of methoxy groups -OCH3 is 3. The Balaban J connectivity index is 1.85. The number of rotatable bonds is 7. The summed E-state index contributed by atoms with van der Waals surface area (Å²) in [6.45, 7) is 0. The van der Waals surface area contributed by atoms with E-state index < -0.39 is 17.6 Å². The normalized spacial score (nSPS) is 13.4.